The second-order valence-corrected chi connectivity index (χ2v) is 4.34. The molecule has 1 aromatic heterocycles. The Morgan fingerprint density at radius 3 is 2.93 bits per heavy atom. The number of rotatable bonds is 1. The lowest BCUT2D eigenvalue weighted by Crippen LogP contribution is -2.02. The van der Waals surface area contributed by atoms with Crippen LogP contribution < -0.4 is 0 Å². The van der Waals surface area contributed by atoms with E-state index in [-0.39, 0.29) is 5.41 Å². The van der Waals surface area contributed by atoms with Crippen molar-refractivity contribution in [3.8, 4) is 0 Å². The van der Waals surface area contributed by atoms with Crippen molar-refractivity contribution in [1.82, 2.24) is 9.97 Å². The van der Waals surface area contributed by atoms with Crippen molar-refractivity contribution in [1.29, 1.82) is 0 Å². The van der Waals surface area contributed by atoms with Crippen LogP contribution in [0.15, 0.2) is 18.5 Å². The van der Waals surface area contributed by atoms with Gasteiger partial charge in [0.25, 0.3) is 0 Å². The molecule has 0 saturated heterocycles. The van der Waals surface area contributed by atoms with Crippen molar-refractivity contribution in [2.24, 2.45) is 5.41 Å². The first kappa shape index (κ1) is 9.25. The zero-order valence-electron chi connectivity index (χ0n) is 8.96. The van der Waals surface area contributed by atoms with Crippen LogP contribution in [-0.4, -0.2) is 9.97 Å². The van der Waals surface area contributed by atoms with Crippen molar-refractivity contribution in [3.63, 3.8) is 0 Å². The van der Waals surface area contributed by atoms with Gasteiger partial charge in [-0.1, -0.05) is 32.9 Å². The Kier molecular flexibility index (Phi) is 2.06. The fourth-order valence-corrected chi connectivity index (χ4v) is 1.82. The summed E-state index contributed by atoms with van der Waals surface area (Å²) in [5, 5.41) is 0. The Bertz CT molecular complexity index is 394. The summed E-state index contributed by atoms with van der Waals surface area (Å²) >= 11 is 0. The highest BCUT2D eigenvalue weighted by molar-refractivity contribution is 5.73. The Labute approximate surface area is 84.8 Å². The van der Waals surface area contributed by atoms with Crippen LogP contribution >= 0.6 is 0 Å². The van der Waals surface area contributed by atoms with E-state index in [1.54, 1.807) is 6.33 Å². The summed E-state index contributed by atoms with van der Waals surface area (Å²) in [5.74, 6) is 0. The molecule has 2 rings (SSSR count). The van der Waals surface area contributed by atoms with Crippen molar-refractivity contribution in [2.45, 2.75) is 27.2 Å². The van der Waals surface area contributed by atoms with Gasteiger partial charge in [0.15, 0.2) is 0 Å². The van der Waals surface area contributed by atoms with Crippen LogP contribution in [0.2, 0.25) is 0 Å². The highest BCUT2D eigenvalue weighted by atomic mass is 14.9. The molecule has 14 heavy (non-hydrogen) atoms. The van der Waals surface area contributed by atoms with Gasteiger partial charge in [-0.2, -0.15) is 0 Å². The molecule has 0 atom stereocenters. The summed E-state index contributed by atoms with van der Waals surface area (Å²) in [4.78, 5) is 7.52. The number of aromatic amines is 1. The van der Waals surface area contributed by atoms with Gasteiger partial charge in [-0.15, -0.1) is 0 Å². The molecule has 1 aromatic rings. The standard InChI is InChI=1S/C12H16N2/c1-4-9-7-12(2,3)6-5-10-11(9)14-8-13-10/h5-8H,4H2,1-3H3,(H,13,14). The van der Waals surface area contributed by atoms with Crippen molar-refractivity contribution in [2.75, 3.05) is 0 Å². The number of fused-ring (bicyclic) bond motifs is 1. The van der Waals surface area contributed by atoms with Gasteiger partial charge in [0.1, 0.15) is 0 Å². The molecule has 2 nitrogen and oxygen atoms in total. The third-order valence-electron chi connectivity index (χ3n) is 2.58. The lowest BCUT2D eigenvalue weighted by atomic mass is 9.90. The number of H-pyrrole nitrogens is 1. The van der Waals surface area contributed by atoms with Crippen molar-refractivity contribution in [3.05, 3.63) is 29.9 Å². The van der Waals surface area contributed by atoms with E-state index in [0.29, 0.717) is 0 Å². The molecule has 0 aromatic carbocycles. The molecular weight excluding hydrogens is 172 g/mol. The highest BCUT2D eigenvalue weighted by Gasteiger charge is 2.18. The van der Waals surface area contributed by atoms with E-state index >= 15 is 0 Å². The third kappa shape index (κ3) is 1.52. The van der Waals surface area contributed by atoms with E-state index in [0.717, 1.165) is 17.8 Å². The van der Waals surface area contributed by atoms with E-state index < -0.39 is 0 Å². The summed E-state index contributed by atoms with van der Waals surface area (Å²) in [5.41, 5.74) is 3.70. The van der Waals surface area contributed by atoms with Crippen LogP contribution in [0.5, 0.6) is 0 Å². The lowest BCUT2D eigenvalue weighted by molar-refractivity contribution is 0.630. The largest absolute Gasteiger partial charge is 0.345 e. The first-order valence-electron chi connectivity index (χ1n) is 5.07. The van der Waals surface area contributed by atoms with Gasteiger partial charge < -0.3 is 4.98 Å². The maximum absolute atomic E-state index is 4.36. The molecule has 0 radical (unpaired) electrons. The van der Waals surface area contributed by atoms with Crippen molar-refractivity contribution >= 4 is 11.6 Å². The Morgan fingerprint density at radius 2 is 2.21 bits per heavy atom. The van der Waals surface area contributed by atoms with Gasteiger partial charge in [0.05, 0.1) is 17.7 Å². The van der Waals surface area contributed by atoms with Crippen LogP contribution in [0.1, 0.15) is 38.6 Å². The maximum atomic E-state index is 4.36. The number of imidazole rings is 1. The zero-order valence-corrected chi connectivity index (χ0v) is 8.96. The monoisotopic (exact) mass is 188 g/mol. The summed E-state index contributed by atoms with van der Waals surface area (Å²) < 4.78 is 0. The molecule has 0 saturated carbocycles. The van der Waals surface area contributed by atoms with Crippen LogP contribution in [-0.2, 0) is 0 Å². The van der Waals surface area contributed by atoms with E-state index in [1.165, 1.54) is 5.57 Å². The first-order valence-corrected chi connectivity index (χ1v) is 5.07. The average Bonchev–Trinajstić information content (AvgIpc) is 2.55. The SMILES string of the molecule is CCC1=CC(C)(C)C=Cc2[nH]cnc21. The Hall–Kier alpha value is -1.31. The minimum Gasteiger partial charge on any atom is -0.345 e. The normalized spacial score (nSPS) is 18.6. The minimum atomic E-state index is 0.132. The van der Waals surface area contributed by atoms with Gasteiger partial charge in [-0.05, 0) is 18.1 Å². The smallest absolute Gasteiger partial charge is 0.0931 e. The average molecular weight is 188 g/mol. The molecule has 1 aliphatic carbocycles. The summed E-state index contributed by atoms with van der Waals surface area (Å²) in [6.45, 7) is 6.60. The molecule has 0 aliphatic heterocycles. The van der Waals surface area contributed by atoms with Crippen LogP contribution in [0, 0.1) is 5.41 Å². The Morgan fingerprint density at radius 1 is 1.43 bits per heavy atom. The van der Waals surface area contributed by atoms with E-state index in [1.807, 2.05) is 0 Å². The van der Waals surface area contributed by atoms with Crippen LogP contribution in [0.3, 0.4) is 0 Å². The van der Waals surface area contributed by atoms with Gasteiger partial charge in [0.2, 0.25) is 0 Å². The quantitative estimate of drug-likeness (QED) is 0.720. The molecule has 0 amide bonds. The van der Waals surface area contributed by atoms with E-state index in [4.69, 9.17) is 0 Å². The lowest BCUT2D eigenvalue weighted by Gasteiger charge is -2.14. The van der Waals surface area contributed by atoms with Crippen LogP contribution in [0.25, 0.3) is 11.6 Å². The molecule has 0 spiro atoms. The summed E-state index contributed by atoms with van der Waals surface area (Å²) in [7, 11) is 0. The van der Waals surface area contributed by atoms with Gasteiger partial charge in [-0.3, -0.25) is 0 Å². The number of nitrogens with one attached hydrogen (secondary N) is 1. The maximum Gasteiger partial charge on any atom is 0.0931 e. The van der Waals surface area contributed by atoms with Crippen LogP contribution in [0.4, 0.5) is 0 Å². The molecule has 0 unspecified atom stereocenters. The molecule has 1 heterocycles. The third-order valence-corrected chi connectivity index (χ3v) is 2.58. The molecule has 1 N–H and O–H groups in total. The molecule has 74 valence electrons. The summed E-state index contributed by atoms with van der Waals surface area (Å²) in [6.07, 6.45) is 9.43. The zero-order chi connectivity index (χ0) is 10.2. The minimum absolute atomic E-state index is 0.132. The number of aromatic nitrogens is 2. The first-order chi connectivity index (χ1) is 6.62. The molecule has 0 fully saturated rings. The predicted octanol–water partition coefficient (Wildman–Crippen LogP) is 3.26. The molecule has 2 heteroatoms. The fourth-order valence-electron chi connectivity index (χ4n) is 1.82. The Balaban J connectivity index is 2.56. The van der Waals surface area contributed by atoms with E-state index in [2.05, 4.69) is 49.0 Å². The van der Waals surface area contributed by atoms with Gasteiger partial charge >= 0.3 is 0 Å². The number of allylic oxidation sites excluding steroid dienone is 3. The summed E-state index contributed by atoms with van der Waals surface area (Å²) in [6, 6.07) is 0. The second-order valence-electron chi connectivity index (χ2n) is 4.34. The van der Waals surface area contributed by atoms with E-state index in [9.17, 15) is 0 Å². The molecular formula is C12H16N2. The molecule has 0 bridgehead atoms. The predicted molar refractivity (Wildman–Crippen MR) is 59.7 cm³/mol. The molecule has 1 aliphatic rings. The van der Waals surface area contributed by atoms with Crippen molar-refractivity contribution < 1.29 is 0 Å². The topological polar surface area (TPSA) is 28.7 Å². The second kappa shape index (κ2) is 3.12. The van der Waals surface area contributed by atoms with Gasteiger partial charge in [0, 0.05) is 5.41 Å². The fraction of sp³-hybridized carbons (Fsp3) is 0.417. The number of hydrogen-bond acceptors (Lipinski definition) is 1. The van der Waals surface area contributed by atoms with Gasteiger partial charge in [-0.25, -0.2) is 4.98 Å². The highest BCUT2D eigenvalue weighted by Crippen LogP contribution is 2.32. The number of nitrogens with zero attached hydrogens (tertiary/aromatic N) is 1. The number of hydrogen-bond donors (Lipinski definition) is 1.